The molecule has 2 heterocycles. The highest BCUT2D eigenvalue weighted by atomic mass is 16.5. The van der Waals surface area contributed by atoms with Crippen molar-refractivity contribution in [2.75, 3.05) is 0 Å². The van der Waals surface area contributed by atoms with Crippen LogP contribution in [0.4, 0.5) is 4.79 Å². The molecule has 9 nitrogen and oxygen atoms in total. The largest absolute Gasteiger partial charge is 0.449 e. The molecule has 31 heavy (non-hydrogen) atoms. The molecule has 0 saturated carbocycles. The highest BCUT2D eigenvalue weighted by Gasteiger charge is 2.23. The molecular weight excluding hydrogens is 398 g/mol. The van der Waals surface area contributed by atoms with E-state index in [2.05, 4.69) is 20.7 Å². The van der Waals surface area contributed by atoms with Gasteiger partial charge in [0.1, 0.15) is 0 Å². The van der Waals surface area contributed by atoms with Crippen molar-refractivity contribution in [1.82, 2.24) is 25.4 Å². The van der Waals surface area contributed by atoms with Crippen LogP contribution in [-0.4, -0.2) is 38.8 Å². The summed E-state index contributed by atoms with van der Waals surface area (Å²) in [4.78, 5) is 41.4. The van der Waals surface area contributed by atoms with Gasteiger partial charge >= 0.3 is 12.0 Å². The van der Waals surface area contributed by atoms with E-state index in [-0.39, 0.29) is 18.2 Å². The first kappa shape index (κ1) is 21.9. The van der Waals surface area contributed by atoms with Gasteiger partial charge in [0.2, 0.25) is 0 Å². The molecule has 162 valence electrons. The summed E-state index contributed by atoms with van der Waals surface area (Å²) < 4.78 is 7.01. The third-order valence-corrected chi connectivity index (χ3v) is 4.59. The predicted octanol–water partition coefficient (Wildman–Crippen LogP) is 2.89. The Hall–Kier alpha value is -3.75. The van der Waals surface area contributed by atoms with Crippen molar-refractivity contribution in [2.45, 2.75) is 46.4 Å². The number of amides is 3. The van der Waals surface area contributed by atoms with E-state index in [1.807, 2.05) is 44.2 Å². The van der Waals surface area contributed by atoms with Crippen molar-refractivity contribution >= 4 is 28.9 Å². The standard InChI is InChI=1S/C22H25N5O4/c1-13(2)27-19-18(12-24-27)17(10-14(3)25-19)21(29)31-15(4)20(28)26-22(30)23-11-16-8-6-5-7-9-16/h5-10,12-13,15H,11H2,1-4H3,(H2,23,26,28,30). The average Bonchev–Trinajstić information content (AvgIpc) is 3.16. The van der Waals surface area contributed by atoms with E-state index in [4.69, 9.17) is 4.74 Å². The molecule has 3 amide bonds. The van der Waals surface area contributed by atoms with Crippen LogP contribution in [0.15, 0.2) is 42.6 Å². The van der Waals surface area contributed by atoms with Gasteiger partial charge in [-0.1, -0.05) is 30.3 Å². The first-order valence-electron chi connectivity index (χ1n) is 9.94. The Balaban J connectivity index is 1.63. The number of nitrogens with zero attached hydrogens (tertiary/aromatic N) is 3. The molecule has 0 aliphatic carbocycles. The Kier molecular flexibility index (Phi) is 6.64. The van der Waals surface area contributed by atoms with E-state index in [9.17, 15) is 14.4 Å². The van der Waals surface area contributed by atoms with Crippen LogP contribution < -0.4 is 10.6 Å². The molecule has 0 aliphatic heterocycles. The Labute approximate surface area is 179 Å². The lowest BCUT2D eigenvalue weighted by molar-refractivity contribution is -0.127. The second-order valence-electron chi connectivity index (χ2n) is 7.44. The molecule has 3 aromatic rings. The van der Waals surface area contributed by atoms with Crippen LogP contribution in [0.1, 0.15) is 48.4 Å². The minimum absolute atomic E-state index is 0.0646. The third kappa shape index (κ3) is 5.25. The van der Waals surface area contributed by atoms with Gasteiger partial charge in [0.25, 0.3) is 5.91 Å². The van der Waals surface area contributed by atoms with Crippen LogP contribution in [0.5, 0.6) is 0 Å². The van der Waals surface area contributed by atoms with Gasteiger partial charge in [-0.25, -0.2) is 19.3 Å². The molecule has 1 unspecified atom stereocenters. The fraction of sp³-hybridized carbons (Fsp3) is 0.318. The third-order valence-electron chi connectivity index (χ3n) is 4.59. The molecule has 2 N–H and O–H groups in total. The summed E-state index contributed by atoms with van der Waals surface area (Å²) in [5.41, 5.74) is 2.35. The number of hydrogen-bond donors (Lipinski definition) is 2. The first-order chi connectivity index (χ1) is 14.8. The molecule has 0 aliphatic rings. The zero-order chi connectivity index (χ0) is 22.5. The summed E-state index contributed by atoms with van der Waals surface area (Å²) in [5.74, 6) is -1.41. The zero-order valence-electron chi connectivity index (χ0n) is 17.9. The minimum atomic E-state index is -1.17. The number of esters is 1. The van der Waals surface area contributed by atoms with Crippen LogP contribution >= 0.6 is 0 Å². The van der Waals surface area contributed by atoms with Gasteiger partial charge in [-0.05, 0) is 39.3 Å². The van der Waals surface area contributed by atoms with E-state index in [1.54, 1.807) is 23.9 Å². The molecule has 9 heteroatoms. The SMILES string of the molecule is Cc1cc(C(=O)OC(C)C(=O)NC(=O)NCc2ccccc2)c2cnn(C(C)C)c2n1. The molecule has 0 radical (unpaired) electrons. The van der Waals surface area contributed by atoms with Gasteiger partial charge in [-0.3, -0.25) is 10.1 Å². The van der Waals surface area contributed by atoms with E-state index in [0.717, 1.165) is 5.56 Å². The van der Waals surface area contributed by atoms with Gasteiger partial charge in [-0.2, -0.15) is 5.10 Å². The number of hydrogen-bond acceptors (Lipinski definition) is 6. The van der Waals surface area contributed by atoms with Crippen LogP contribution in [-0.2, 0) is 16.1 Å². The summed E-state index contributed by atoms with van der Waals surface area (Å²) >= 11 is 0. The number of aryl methyl sites for hydroxylation is 1. The highest BCUT2D eigenvalue weighted by molar-refractivity contribution is 6.04. The maximum Gasteiger partial charge on any atom is 0.339 e. The van der Waals surface area contributed by atoms with Crippen molar-refractivity contribution < 1.29 is 19.1 Å². The molecule has 3 rings (SSSR count). The normalized spacial score (nSPS) is 11.9. The van der Waals surface area contributed by atoms with Crippen LogP contribution in [0.3, 0.4) is 0 Å². The lowest BCUT2D eigenvalue weighted by Gasteiger charge is -2.14. The number of imide groups is 1. The van der Waals surface area contributed by atoms with E-state index in [1.165, 1.54) is 6.92 Å². The number of urea groups is 1. The van der Waals surface area contributed by atoms with Gasteiger partial charge in [0.05, 0.1) is 17.1 Å². The number of rotatable bonds is 6. The van der Waals surface area contributed by atoms with Crippen molar-refractivity contribution in [3.05, 3.63) is 59.4 Å². The number of benzene rings is 1. The van der Waals surface area contributed by atoms with Gasteiger partial charge in [-0.15, -0.1) is 0 Å². The van der Waals surface area contributed by atoms with Crippen LogP contribution in [0.2, 0.25) is 0 Å². The van der Waals surface area contributed by atoms with E-state index >= 15 is 0 Å². The first-order valence-corrected chi connectivity index (χ1v) is 9.94. The topological polar surface area (TPSA) is 115 Å². The van der Waals surface area contributed by atoms with Crippen molar-refractivity contribution in [3.8, 4) is 0 Å². The minimum Gasteiger partial charge on any atom is -0.449 e. The monoisotopic (exact) mass is 423 g/mol. The van der Waals surface area contributed by atoms with Crippen molar-refractivity contribution in [2.24, 2.45) is 0 Å². The summed E-state index contributed by atoms with van der Waals surface area (Å²) in [7, 11) is 0. The average molecular weight is 423 g/mol. The maximum absolute atomic E-state index is 12.7. The second kappa shape index (κ2) is 9.38. The molecule has 0 fully saturated rings. The lowest BCUT2D eigenvalue weighted by atomic mass is 10.1. The van der Waals surface area contributed by atoms with E-state index < -0.39 is 24.0 Å². The molecule has 0 saturated heterocycles. The number of aromatic nitrogens is 3. The quantitative estimate of drug-likeness (QED) is 0.589. The number of carbonyl (C=O) groups excluding carboxylic acids is 3. The van der Waals surface area contributed by atoms with Gasteiger partial charge in [0.15, 0.2) is 11.8 Å². The smallest absolute Gasteiger partial charge is 0.339 e. The summed E-state index contributed by atoms with van der Waals surface area (Å²) in [5, 5.41) is 9.59. The van der Waals surface area contributed by atoms with Gasteiger partial charge in [0, 0.05) is 18.3 Å². The second-order valence-corrected chi connectivity index (χ2v) is 7.44. The molecule has 1 aromatic carbocycles. The number of fused-ring (bicyclic) bond motifs is 1. The Bertz CT molecular complexity index is 1110. The van der Waals surface area contributed by atoms with Crippen LogP contribution in [0, 0.1) is 6.92 Å². The molecule has 2 aromatic heterocycles. The Morgan fingerprint density at radius 2 is 1.84 bits per heavy atom. The van der Waals surface area contributed by atoms with Gasteiger partial charge < -0.3 is 10.1 Å². The lowest BCUT2D eigenvalue weighted by Crippen LogP contribution is -2.44. The maximum atomic E-state index is 12.7. The number of pyridine rings is 1. The fourth-order valence-electron chi connectivity index (χ4n) is 3.00. The molecule has 1 atom stereocenters. The number of carbonyl (C=O) groups is 3. The summed E-state index contributed by atoms with van der Waals surface area (Å²) in [6.07, 6.45) is 0.388. The zero-order valence-corrected chi connectivity index (χ0v) is 17.9. The van der Waals surface area contributed by atoms with Crippen molar-refractivity contribution in [1.29, 1.82) is 0 Å². The Morgan fingerprint density at radius 1 is 1.13 bits per heavy atom. The predicted molar refractivity (Wildman–Crippen MR) is 114 cm³/mol. The van der Waals surface area contributed by atoms with E-state index in [0.29, 0.717) is 16.7 Å². The molecular formula is C22H25N5O4. The fourth-order valence-corrected chi connectivity index (χ4v) is 3.00. The van der Waals surface area contributed by atoms with Crippen molar-refractivity contribution in [3.63, 3.8) is 0 Å². The number of nitrogens with one attached hydrogen (secondary N) is 2. The summed E-state index contributed by atoms with van der Waals surface area (Å²) in [6.45, 7) is 7.36. The molecule has 0 spiro atoms. The highest BCUT2D eigenvalue weighted by Crippen LogP contribution is 2.22. The molecule has 0 bridgehead atoms. The summed E-state index contributed by atoms with van der Waals surface area (Å²) in [6, 6.07) is 10.3. The van der Waals surface area contributed by atoms with Crippen LogP contribution in [0.25, 0.3) is 11.0 Å². The number of ether oxygens (including phenoxy) is 1. The Morgan fingerprint density at radius 3 is 2.52 bits per heavy atom.